The first kappa shape index (κ1) is 14.0. The Kier molecular flexibility index (Phi) is 4.93. The van der Waals surface area contributed by atoms with Gasteiger partial charge < -0.3 is 10.1 Å². The van der Waals surface area contributed by atoms with Crippen LogP contribution in [0.5, 0.6) is 5.75 Å². The van der Waals surface area contributed by atoms with Gasteiger partial charge in [0.15, 0.2) is 11.6 Å². The fourth-order valence-corrected chi connectivity index (χ4v) is 2.70. The second-order valence-electron chi connectivity index (χ2n) is 4.34. The molecule has 0 aliphatic carbocycles. The molecule has 0 aliphatic rings. The van der Waals surface area contributed by atoms with Gasteiger partial charge in [-0.3, -0.25) is 0 Å². The summed E-state index contributed by atoms with van der Waals surface area (Å²) in [6.45, 7) is 3.04. The minimum Gasteiger partial charge on any atom is -0.494 e. The highest BCUT2D eigenvalue weighted by Gasteiger charge is 2.15. The number of nitrogens with one attached hydrogen (secondary N) is 1. The molecule has 2 nitrogen and oxygen atoms in total. The summed E-state index contributed by atoms with van der Waals surface area (Å²) in [5, 5.41) is 7.65. The third kappa shape index (κ3) is 3.33. The van der Waals surface area contributed by atoms with Crippen molar-refractivity contribution in [2.75, 3.05) is 13.7 Å². The predicted octanol–water partition coefficient (Wildman–Crippen LogP) is 3.98. The summed E-state index contributed by atoms with van der Waals surface area (Å²) < 4.78 is 18.5. The van der Waals surface area contributed by atoms with Crippen molar-refractivity contribution in [1.29, 1.82) is 0 Å². The molecule has 4 heteroatoms. The minimum atomic E-state index is -0.328. The quantitative estimate of drug-likeness (QED) is 0.863. The topological polar surface area (TPSA) is 21.3 Å². The summed E-state index contributed by atoms with van der Waals surface area (Å²) in [5.74, 6) is -0.0400. The molecule has 0 radical (unpaired) electrons. The van der Waals surface area contributed by atoms with Crippen LogP contribution in [0, 0.1) is 5.82 Å². The van der Waals surface area contributed by atoms with Gasteiger partial charge in [0.1, 0.15) is 0 Å². The second kappa shape index (κ2) is 6.68. The lowest BCUT2D eigenvalue weighted by Gasteiger charge is -2.19. The molecule has 1 aromatic heterocycles. The lowest BCUT2D eigenvalue weighted by Crippen LogP contribution is -2.22. The largest absolute Gasteiger partial charge is 0.494 e. The summed E-state index contributed by atoms with van der Waals surface area (Å²) in [6.07, 6.45) is 1.05. The standard InChI is InChI=1S/C15H18FNOS/c1-3-7-17-15(12-6-8-19-10-12)11-4-5-13(16)14(9-11)18-2/h4-6,8-10,15,17H,3,7H2,1-2H3. The van der Waals surface area contributed by atoms with Crippen molar-refractivity contribution < 1.29 is 9.13 Å². The van der Waals surface area contributed by atoms with E-state index < -0.39 is 0 Å². The highest BCUT2D eigenvalue weighted by atomic mass is 32.1. The van der Waals surface area contributed by atoms with Crippen molar-refractivity contribution in [2.24, 2.45) is 0 Å². The molecular formula is C15H18FNOS. The van der Waals surface area contributed by atoms with Crippen LogP contribution in [-0.4, -0.2) is 13.7 Å². The number of rotatable bonds is 6. The Balaban J connectivity index is 2.32. The van der Waals surface area contributed by atoms with E-state index in [4.69, 9.17) is 4.74 Å². The molecule has 0 amide bonds. The SMILES string of the molecule is CCCNC(c1ccsc1)c1ccc(F)c(OC)c1. The van der Waals surface area contributed by atoms with Gasteiger partial charge in [0.25, 0.3) is 0 Å². The van der Waals surface area contributed by atoms with Crippen LogP contribution in [0.4, 0.5) is 4.39 Å². The fraction of sp³-hybridized carbons (Fsp3) is 0.333. The highest BCUT2D eigenvalue weighted by Crippen LogP contribution is 2.28. The molecule has 2 rings (SSSR count). The molecular weight excluding hydrogens is 261 g/mol. The van der Waals surface area contributed by atoms with Crippen LogP contribution >= 0.6 is 11.3 Å². The van der Waals surface area contributed by atoms with Gasteiger partial charge in [0.2, 0.25) is 0 Å². The zero-order valence-corrected chi connectivity index (χ0v) is 12.0. The number of benzene rings is 1. The summed E-state index contributed by atoms with van der Waals surface area (Å²) in [5.41, 5.74) is 2.22. The van der Waals surface area contributed by atoms with Crippen molar-refractivity contribution in [3.8, 4) is 5.75 Å². The summed E-state index contributed by atoms with van der Waals surface area (Å²) >= 11 is 1.66. The number of hydrogen-bond acceptors (Lipinski definition) is 3. The van der Waals surface area contributed by atoms with E-state index in [9.17, 15) is 4.39 Å². The third-order valence-corrected chi connectivity index (χ3v) is 3.68. The normalized spacial score (nSPS) is 12.4. The smallest absolute Gasteiger partial charge is 0.165 e. The van der Waals surface area contributed by atoms with Crippen LogP contribution in [0.1, 0.15) is 30.5 Å². The lowest BCUT2D eigenvalue weighted by atomic mass is 10.0. The molecule has 0 bridgehead atoms. The van der Waals surface area contributed by atoms with Gasteiger partial charge >= 0.3 is 0 Å². The molecule has 0 spiro atoms. The molecule has 1 atom stereocenters. The van der Waals surface area contributed by atoms with E-state index in [-0.39, 0.29) is 17.6 Å². The van der Waals surface area contributed by atoms with E-state index in [0.717, 1.165) is 18.5 Å². The summed E-state index contributed by atoms with van der Waals surface area (Å²) in [4.78, 5) is 0. The molecule has 19 heavy (non-hydrogen) atoms. The monoisotopic (exact) mass is 279 g/mol. The number of thiophene rings is 1. The molecule has 1 heterocycles. The maximum Gasteiger partial charge on any atom is 0.165 e. The predicted molar refractivity (Wildman–Crippen MR) is 77.4 cm³/mol. The molecule has 102 valence electrons. The fourth-order valence-electron chi connectivity index (χ4n) is 2.01. The Hall–Kier alpha value is -1.39. The third-order valence-electron chi connectivity index (χ3n) is 2.98. The number of halogens is 1. The first-order valence-electron chi connectivity index (χ1n) is 6.35. The maximum atomic E-state index is 13.5. The number of methoxy groups -OCH3 is 1. The Bertz CT molecular complexity index is 513. The zero-order valence-electron chi connectivity index (χ0n) is 11.2. The van der Waals surface area contributed by atoms with Crippen LogP contribution in [0.15, 0.2) is 35.0 Å². The van der Waals surface area contributed by atoms with E-state index in [2.05, 4.69) is 29.1 Å². The molecule has 0 saturated heterocycles. The van der Waals surface area contributed by atoms with Crippen molar-refractivity contribution in [3.05, 3.63) is 52.0 Å². The van der Waals surface area contributed by atoms with Crippen LogP contribution in [-0.2, 0) is 0 Å². The number of hydrogen-bond donors (Lipinski definition) is 1. The first-order chi connectivity index (χ1) is 9.26. The zero-order chi connectivity index (χ0) is 13.7. The highest BCUT2D eigenvalue weighted by molar-refractivity contribution is 7.08. The van der Waals surface area contributed by atoms with Crippen LogP contribution in [0.2, 0.25) is 0 Å². The Morgan fingerprint density at radius 2 is 2.16 bits per heavy atom. The van der Waals surface area contributed by atoms with E-state index in [1.54, 1.807) is 17.4 Å². The van der Waals surface area contributed by atoms with Crippen molar-refractivity contribution in [2.45, 2.75) is 19.4 Å². The average Bonchev–Trinajstić information content (AvgIpc) is 2.95. The Morgan fingerprint density at radius 3 is 2.79 bits per heavy atom. The molecule has 1 aromatic carbocycles. The van der Waals surface area contributed by atoms with E-state index in [0.29, 0.717) is 0 Å². The van der Waals surface area contributed by atoms with Gasteiger partial charge in [0.05, 0.1) is 13.2 Å². The number of ether oxygens (including phenoxy) is 1. The van der Waals surface area contributed by atoms with Gasteiger partial charge in [0, 0.05) is 0 Å². The average molecular weight is 279 g/mol. The molecule has 1 unspecified atom stereocenters. The van der Waals surface area contributed by atoms with Gasteiger partial charge in [-0.25, -0.2) is 4.39 Å². The Labute approximate surface area is 117 Å². The van der Waals surface area contributed by atoms with Gasteiger partial charge in [-0.15, -0.1) is 0 Å². The lowest BCUT2D eigenvalue weighted by molar-refractivity contribution is 0.385. The molecule has 1 N–H and O–H groups in total. The maximum absolute atomic E-state index is 13.5. The van der Waals surface area contributed by atoms with E-state index in [1.807, 2.05) is 6.07 Å². The minimum absolute atomic E-state index is 0.0840. The molecule has 0 saturated carbocycles. The van der Waals surface area contributed by atoms with E-state index >= 15 is 0 Å². The van der Waals surface area contributed by atoms with Gasteiger partial charge in [-0.1, -0.05) is 13.0 Å². The second-order valence-corrected chi connectivity index (χ2v) is 5.12. The van der Waals surface area contributed by atoms with Crippen molar-refractivity contribution in [3.63, 3.8) is 0 Å². The molecule has 0 fully saturated rings. The van der Waals surface area contributed by atoms with E-state index in [1.165, 1.54) is 18.7 Å². The molecule has 0 aliphatic heterocycles. The van der Waals surface area contributed by atoms with Crippen LogP contribution < -0.4 is 10.1 Å². The van der Waals surface area contributed by atoms with Gasteiger partial charge in [-0.05, 0) is 53.1 Å². The molecule has 2 aromatic rings. The Morgan fingerprint density at radius 1 is 1.32 bits per heavy atom. The summed E-state index contributed by atoms with van der Waals surface area (Å²) in [7, 11) is 1.49. The summed E-state index contributed by atoms with van der Waals surface area (Å²) in [6, 6.07) is 7.21. The van der Waals surface area contributed by atoms with Crippen LogP contribution in [0.3, 0.4) is 0 Å². The van der Waals surface area contributed by atoms with Crippen molar-refractivity contribution >= 4 is 11.3 Å². The van der Waals surface area contributed by atoms with Gasteiger partial charge in [-0.2, -0.15) is 11.3 Å². The van der Waals surface area contributed by atoms with Crippen molar-refractivity contribution in [1.82, 2.24) is 5.32 Å². The van der Waals surface area contributed by atoms with Crippen LogP contribution in [0.25, 0.3) is 0 Å². The first-order valence-corrected chi connectivity index (χ1v) is 7.29.